The average Bonchev–Trinajstić information content (AvgIpc) is 2.85. The van der Waals surface area contributed by atoms with E-state index in [9.17, 15) is 9.59 Å². The molecule has 7 nitrogen and oxygen atoms in total. The number of carbonyl (C=O) groups excluding carboxylic acids is 2. The lowest BCUT2D eigenvalue weighted by Crippen LogP contribution is -2.51. The fourth-order valence-corrected chi connectivity index (χ4v) is 4.54. The molecule has 1 spiro atoms. The Morgan fingerprint density at radius 1 is 1.09 bits per heavy atom. The Labute approximate surface area is 192 Å². The highest BCUT2D eigenvalue weighted by Gasteiger charge is 2.43. The van der Waals surface area contributed by atoms with Crippen molar-refractivity contribution in [3.05, 3.63) is 71.9 Å². The van der Waals surface area contributed by atoms with E-state index < -0.39 is 11.6 Å². The van der Waals surface area contributed by atoms with Crippen LogP contribution in [0.3, 0.4) is 0 Å². The van der Waals surface area contributed by atoms with E-state index in [0.29, 0.717) is 60.9 Å². The summed E-state index contributed by atoms with van der Waals surface area (Å²) in [4.78, 5) is 36.6. The van der Waals surface area contributed by atoms with Crippen LogP contribution in [0.2, 0.25) is 0 Å². The molecule has 1 aromatic heterocycles. The molecule has 2 aromatic carbocycles. The zero-order valence-electron chi connectivity index (χ0n) is 18.5. The smallest absolute Gasteiger partial charge is 0.343 e. The van der Waals surface area contributed by atoms with Crippen molar-refractivity contribution in [1.29, 1.82) is 0 Å². The number of benzene rings is 2. The standard InChI is InChI=1S/C26H25N3O4/c1-2-32-25(31)20-17-27-23(18-8-4-3-5-9-18)28-24(20)29-14-12-26(13-15-29)16-21(30)19-10-6-7-11-22(19)33-26/h3-11,17H,2,12-16H2,1H3. The molecule has 1 saturated heterocycles. The van der Waals surface area contributed by atoms with Gasteiger partial charge in [0.1, 0.15) is 22.7 Å². The third-order valence-corrected chi connectivity index (χ3v) is 6.27. The van der Waals surface area contributed by atoms with Crippen LogP contribution in [0.25, 0.3) is 11.4 Å². The van der Waals surface area contributed by atoms with E-state index in [4.69, 9.17) is 14.5 Å². The number of rotatable bonds is 4. The van der Waals surface area contributed by atoms with Gasteiger partial charge in [-0.2, -0.15) is 0 Å². The first-order valence-corrected chi connectivity index (χ1v) is 11.2. The van der Waals surface area contributed by atoms with Crippen molar-refractivity contribution in [3.63, 3.8) is 0 Å². The molecule has 33 heavy (non-hydrogen) atoms. The summed E-state index contributed by atoms with van der Waals surface area (Å²) in [6.45, 7) is 3.26. The number of anilines is 1. The Morgan fingerprint density at radius 3 is 2.58 bits per heavy atom. The van der Waals surface area contributed by atoms with E-state index in [-0.39, 0.29) is 12.4 Å². The maximum Gasteiger partial charge on any atom is 0.343 e. The zero-order valence-corrected chi connectivity index (χ0v) is 18.5. The van der Waals surface area contributed by atoms with Gasteiger partial charge in [-0.3, -0.25) is 4.79 Å². The Hall–Kier alpha value is -3.74. The normalized spacial score (nSPS) is 16.8. The summed E-state index contributed by atoms with van der Waals surface area (Å²) in [6.07, 6.45) is 3.21. The zero-order chi connectivity index (χ0) is 22.8. The van der Waals surface area contributed by atoms with E-state index in [0.717, 1.165) is 5.56 Å². The predicted molar refractivity (Wildman–Crippen MR) is 124 cm³/mol. The number of fused-ring (bicyclic) bond motifs is 1. The number of ketones is 1. The van der Waals surface area contributed by atoms with Crippen LogP contribution in [0.1, 0.15) is 46.9 Å². The number of nitrogens with zero attached hydrogens (tertiary/aromatic N) is 3. The molecular formula is C26H25N3O4. The topological polar surface area (TPSA) is 81.6 Å². The van der Waals surface area contributed by atoms with Gasteiger partial charge in [0.25, 0.3) is 0 Å². The quantitative estimate of drug-likeness (QED) is 0.555. The molecule has 7 heteroatoms. The molecule has 0 unspecified atom stereocenters. The Bertz CT molecular complexity index is 1190. The molecule has 2 aliphatic rings. The summed E-state index contributed by atoms with van der Waals surface area (Å²) in [5.41, 5.74) is 1.35. The number of ether oxygens (including phenoxy) is 2. The van der Waals surface area contributed by atoms with Gasteiger partial charge in [0, 0.05) is 37.7 Å². The lowest BCUT2D eigenvalue weighted by Gasteiger charge is -2.44. The van der Waals surface area contributed by atoms with Crippen molar-refractivity contribution in [2.24, 2.45) is 0 Å². The Balaban J connectivity index is 1.43. The lowest BCUT2D eigenvalue weighted by molar-refractivity contribution is 0.0231. The molecule has 168 valence electrons. The molecule has 0 bridgehead atoms. The third kappa shape index (κ3) is 4.06. The maximum absolute atomic E-state index is 12.8. The van der Waals surface area contributed by atoms with Crippen LogP contribution in [0.4, 0.5) is 5.82 Å². The fraction of sp³-hybridized carbons (Fsp3) is 0.308. The summed E-state index contributed by atoms with van der Waals surface area (Å²) >= 11 is 0. The van der Waals surface area contributed by atoms with Crippen LogP contribution in [0.5, 0.6) is 5.75 Å². The van der Waals surface area contributed by atoms with E-state index in [1.165, 1.54) is 0 Å². The van der Waals surface area contributed by atoms with Gasteiger partial charge >= 0.3 is 5.97 Å². The number of hydrogen-bond acceptors (Lipinski definition) is 7. The average molecular weight is 444 g/mol. The van der Waals surface area contributed by atoms with E-state index >= 15 is 0 Å². The molecule has 5 rings (SSSR count). The van der Waals surface area contributed by atoms with E-state index in [1.807, 2.05) is 54.6 Å². The maximum atomic E-state index is 12.8. The van der Waals surface area contributed by atoms with Gasteiger partial charge in [-0.1, -0.05) is 42.5 Å². The number of hydrogen-bond donors (Lipinski definition) is 0. The molecule has 1 fully saturated rings. The van der Waals surface area contributed by atoms with Crippen molar-refractivity contribution >= 4 is 17.6 Å². The second kappa shape index (κ2) is 8.65. The van der Waals surface area contributed by atoms with Crippen LogP contribution in [0, 0.1) is 0 Å². The monoisotopic (exact) mass is 443 g/mol. The van der Waals surface area contributed by atoms with Crippen molar-refractivity contribution in [2.45, 2.75) is 31.8 Å². The highest BCUT2D eigenvalue weighted by Crippen LogP contribution is 2.40. The molecule has 0 N–H and O–H groups in total. The second-order valence-electron chi connectivity index (χ2n) is 8.39. The first-order valence-electron chi connectivity index (χ1n) is 11.2. The molecule has 0 aliphatic carbocycles. The van der Waals surface area contributed by atoms with Gasteiger partial charge < -0.3 is 14.4 Å². The van der Waals surface area contributed by atoms with Gasteiger partial charge in [0.05, 0.1) is 18.6 Å². The summed E-state index contributed by atoms with van der Waals surface area (Å²) in [7, 11) is 0. The molecule has 3 aromatic rings. The van der Waals surface area contributed by atoms with E-state index in [2.05, 4.69) is 9.88 Å². The number of piperidine rings is 1. The van der Waals surface area contributed by atoms with Gasteiger partial charge in [-0.25, -0.2) is 14.8 Å². The van der Waals surface area contributed by atoms with Gasteiger partial charge in [0.2, 0.25) is 0 Å². The number of esters is 1. The van der Waals surface area contributed by atoms with Crippen molar-refractivity contribution in [2.75, 3.05) is 24.6 Å². The van der Waals surface area contributed by atoms with Crippen molar-refractivity contribution in [3.8, 4) is 17.1 Å². The predicted octanol–water partition coefficient (Wildman–Crippen LogP) is 4.32. The van der Waals surface area contributed by atoms with Gasteiger partial charge in [-0.05, 0) is 19.1 Å². The molecule has 3 heterocycles. The third-order valence-electron chi connectivity index (χ3n) is 6.27. The van der Waals surface area contributed by atoms with Crippen LogP contribution in [-0.4, -0.2) is 47.0 Å². The largest absolute Gasteiger partial charge is 0.486 e. The first-order chi connectivity index (χ1) is 16.1. The lowest BCUT2D eigenvalue weighted by atomic mass is 9.82. The first kappa shape index (κ1) is 21.1. The molecule has 2 aliphatic heterocycles. The van der Waals surface area contributed by atoms with Crippen LogP contribution < -0.4 is 9.64 Å². The minimum atomic E-state index is -0.526. The summed E-state index contributed by atoms with van der Waals surface area (Å²) in [6, 6.07) is 17.1. The van der Waals surface area contributed by atoms with Crippen LogP contribution in [-0.2, 0) is 4.74 Å². The van der Waals surface area contributed by atoms with E-state index in [1.54, 1.807) is 13.1 Å². The number of Topliss-reactive ketones (excluding diaryl/α,β-unsaturated/α-hetero) is 1. The molecule has 0 amide bonds. The highest BCUT2D eigenvalue weighted by atomic mass is 16.5. The summed E-state index contributed by atoms with van der Waals surface area (Å²) in [5.74, 6) is 1.44. The highest BCUT2D eigenvalue weighted by molar-refractivity contribution is 6.00. The van der Waals surface area contributed by atoms with Gasteiger partial charge in [0.15, 0.2) is 11.6 Å². The number of para-hydroxylation sites is 1. The number of aromatic nitrogens is 2. The second-order valence-corrected chi connectivity index (χ2v) is 8.39. The minimum absolute atomic E-state index is 0.117. The Kier molecular flexibility index (Phi) is 5.54. The molecular weight excluding hydrogens is 418 g/mol. The minimum Gasteiger partial charge on any atom is -0.486 e. The summed E-state index contributed by atoms with van der Waals surface area (Å²) < 4.78 is 11.6. The van der Waals surface area contributed by atoms with Crippen molar-refractivity contribution < 1.29 is 19.1 Å². The van der Waals surface area contributed by atoms with Crippen molar-refractivity contribution in [1.82, 2.24) is 9.97 Å². The Morgan fingerprint density at radius 2 is 1.82 bits per heavy atom. The molecule has 0 radical (unpaired) electrons. The van der Waals surface area contributed by atoms with Crippen LogP contribution in [0.15, 0.2) is 60.8 Å². The fourth-order valence-electron chi connectivity index (χ4n) is 4.54. The van der Waals surface area contributed by atoms with Gasteiger partial charge in [-0.15, -0.1) is 0 Å². The molecule has 0 atom stereocenters. The summed E-state index contributed by atoms with van der Waals surface area (Å²) in [5, 5.41) is 0. The number of carbonyl (C=O) groups is 2. The van der Waals surface area contributed by atoms with Crippen LogP contribution >= 0.6 is 0 Å². The SMILES string of the molecule is CCOC(=O)c1cnc(-c2ccccc2)nc1N1CCC2(CC1)CC(=O)c1ccccc1O2. The molecule has 0 saturated carbocycles.